The van der Waals surface area contributed by atoms with Crippen LogP contribution in [0.1, 0.15) is 37.8 Å². The van der Waals surface area contributed by atoms with E-state index in [0.29, 0.717) is 11.3 Å². The van der Waals surface area contributed by atoms with Crippen LogP contribution >= 0.6 is 0 Å². The summed E-state index contributed by atoms with van der Waals surface area (Å²) in [6, 6.07) is 7.53. The number of carbonyl (C=O) groups is 2. The fourth-order valence-corrected chi connectivity index (χ4v) is 2.92. The lowest BCUT2D eigenvalue weighted by atomic mass is 9.95. The number of nitrogens with zero attached hydrogens (tertiary/aromatic N) is 1. The molecule has 6 heteroatoms. The second-order valence-corrected chi connectivity index (χ2v) is 5.87. The first kappa shape index (κ1) is 15.5. The number of hydrogen-bond acceptors (Lipinski definition) is 5. The molecule has 1 aliphatic rings. The van der Waals surface area contributed by atoms with Crippen molar-refractivity contribution in [3.8, 4) is 0 Å². The first-order valence-corrected chi connectivity index (χ1v) is 8.00. The van der Waals surface area contributed by atoms with Crippen LogP contribution in [0.3, 0.4) is 0 Å². The van der Waals surface area contributed by atoms with Crippen LogP contribution in [0, 0.1) is 0 Å². The van der Waals surface area contributed by atoms with E-state index < -0.39 is 5.97 Å². The van der Waals surface area contributed by atoms with Crippen molar-refractivity contribution in [2.45, 2.75) is 44.6 Å². The van der Waals surface area contributed by atoms with E-state index in [1.165, 1.54) is 6.42 Å². The van der Waals surface area contributed by atoms with Gasteiger partial charge in [-0.25, -0.2) is 0 Å². The molecule has 1 fully saturated rings. The van der Waals surface area contributed by atoms with Crippen LogP contribution in [-0.2, 0) is 20.7 Å². The van der Waals surface area contributed by atoms with Gasteiger partial charge in [-0.3, -0.25) is 9.59 Å². The third-order valence-electron chi connectivity index (χ3n) is 4.10. The minimum absolute atomic E-state index is 0.00623. The lowest BCUT2D eigenvalue weighted by Gasteiger charge is -2.22. The minimum Gasteiger partial charge on any atom is -0.455 e. The molecule has 122 valence electrons. The van der Waals surface area contributed by atoms with Gasteiger partial charge in [-0.05, 0) is 25.0 Å². The molecule has 1 aliphatic carbocycles. The molecule has 0 aliphatic heterocycles. The van der Waals surface area contributed by atoms with Crippen molar-refractivity contribution in [2.75, 3.05) is 6.61 Å². The number of nitrogens with one attached hydrogen (secondary N) is 1. The summed E-state index contributed by atoms with van der Waals surface area (Å²) in [4.78, 5) is 23.7. The second kappa shape index (κ2) is 7.26. The predicted molar refractivity (Wildman–Crippen MR) is 83.7 cm³/mol. The SMILES string of the molecule is O=C(COC(=O)Cc1noc2ccccc12)NC1CCCCC1. The van der Waals surface area contributed by atoms with Crippen molar-refractivity contribution in [3.05, 3.63) is 30.0 Å². The van der Waals surface area contributed by atoms with Gasteiger partial charge < -0.3 is 14.6 Å². The maximum Gasteiger partial charge on any atom is 0.312 e. The summed E-state index contributed by atoms with van der Waals surface area (Å²) in [6.07, 6.45) is 5.52. The number of fused-ring (bicyclic) bond motifs is 1. The van der Waals surface area contributed by atoms with Gasteiger partial charge in [0.2, 0.25) is 0 Å². The molecule has 0 saturated heterocycles. The van der Waals surface area contributed by atoms with Crippen molar-refractivity contribution in [3.63, 3.8) is 0 Å². The quantitative estimate of drug-likeness (QED) is 0.856. The molecule has 0 unspecified atom stereocenters. The van der Waals surface area contributed by atoms with Crippen LogP contribution in [0.5, 0.6) is 0 Å². The first-order chi connectivity index (χ1) is 11.2. The molecule has 3 rings (SSSR count). The Morgan fingerprint density at radius 3 is 2.83 bits per heavy atom. The van der Waals surface area contributed by atoms with E-state index in [2.05, 4.69) is 10.5 Å². The minimum atomic E-state index is -0.483. The zero-order valence-electron chi connectivity index (χ0n) is 12.9. The number of rotatable bonds is 5. The van der Waals surface area contributed by atoms with Crippen molar-refractivity contribution in [1.82, 2.24) is 10.5 Å². The zero-order valence-corrected chi connectivity index (χ0v) is 12.9. The second-order valence-electron chi connectivity index (χ2n) is 5.87. The lowest BCUT2D eigenvalue weighted by Crippen LogP contribution is -2.38. The van der Waals surface area contributed by atoms with E-state index in [1.807, 2.05) is 18.2 Å². The maximum atomic E-state index is 11.9. The number of esters is 1. The van der Waals surface area contributed by atoms with Gasteiger partial charge in [0.25, 0.3) is 5.91 Å². The van der Waals surface area contributed by atoms with Crippen molar-refractivity contribution in [1.29, 1.82) is 0 Å². The molecule has 1 amide bonds. The maximum absolute atomic E-state index is 11.9. The Bertz CT molecular complexity index is 689. The third-order valence-corrected chi connectivity index (χ3v) is 4.10. The van der Waals surface area contributed by atoms with Gasteiger partial charge in [-0.15, -0.1) is 0 Å². The third kappa shape index (κ3) is 4.09. The summed E-state index contributed by atoms with van der Waals surface area (Å²) in [6.45, 7) is -0.245. The molecule has 0 bridgehead atoms. The highest BCUT2D eigenvalue weighted by atomic mass is 16.5. The highest BCUT2D eigenvalue weighted by Crippen LogP contribution is 2.19. The van der Waals surface area contributed by atoms with E-state index in [-0.39, 0.29) is 25.0 Å². The normalized spacial score (nSPS) is 15.5. The summed E-state index contributed by atoms with van der Waals surface area (Å²) >= 11 is 0. The van der Waals surface area contributed by atoms with Gasteiger partial charge in [0, 0.05) is 11.4 Å². The monoisotopic (exact) mass is 316 g/mol. The predicted octanol–water partition coefficient (Wildman–Crippen LogP) is 2.36. The molecule has 1 saturated carbocycles. The molecule has 1 N–H and O–H groups in total. The average molecular weight is 316 g/mol. The van der Waals surface area contributed by atoms with Crippen LogP contribution in [0.25, 0.3) is 11.0 Å². The zero-order chi connectivity index (χ0) is 16.1. The Morgan fingerprint density at radius 1 is 1.22 bits per heavy atom. The number of hydrogen-bond donors (Lipinski definition) is 1. The Balaban J connectivity index is 1.46. The summed E-state index contributed by atoms with van der Waals surface area (Å²) in [5.74, 6) is -0.724. The van der Waals surface area contributed by atoms with Crippen LogP contribution in [0.4, 0.5) is 0 Å². The Kier molecular flexibility index (Phi) is 4.90. The highest BCUT2D eigenvalue weighted by Gasteiger charge is 2.18. The van der Waals surface area contributed by atoms with Gasteiger partial charge >= 0.3 is 5.97 Å². The Morgan fingerprint density at radius 2 is 2.00 bits per heavy atom. The average Bonchev–Trinajstić information content (AvgIpc) is 2.97. The smallest absolute Gasteiger partial charge is 0.312 e. The summed E-state index contributed by atoms with van der Waals surface area (Å²) in [5.41, 5.74) is 1.16. The fourth-order valence-electron chi connectivity index (χ4n) is 2.92. The largest absolute Gasteiger partial charge is 0.455 e. The number of carbonyl (C=O) groups excluding carboxylic acids is 2. The standard InChI is InChI=1S/C17H20N2O4/c20-16(18-12-6-2-1-3-7-12)11-22-17(21)10-14-13-8-4-5-9-15(13)23-19-14/h4-5,8-9,12H,1-3,6-7,10-11H2,(H,18,20). The van der Waals surface area contributed by atoms with Gasteiger partial charge in [-0.2, -0.15) is 0 Å². The molecule has 1 aromatic heterocycles. The lowest BCUT2D eigenvalue weighted by molar-refractivity contribution is -0.148. The number of amides is 1. The number of para-hydroxylation sites is 1. The molecular formula is C17H20N2O4. The molecule has 6 nitrogen and oxygen atoms in total. The van der Waals surface area contributed by atoms with E-state index in [9.17, 15) is 9.59 Å². The number of ether oxygens (including phenoxy) is 1. The van der Waals surface area contributed by atoms with Crippen LogP contribution in [0.2, 0.25) is 0 Å². The van der Waals surface area contributed by atoms with Crippen LogP contribution < -0.4 is 5.32 Å². The van der Waals surface area contributed by atoms with Crippen LogP contribution in [-0.4, -0.2) is 29.7 Å². The molecule has 1 heterocycles. The van der Waals surface area contributed by atoms with Gasteiger partial charge in [0.05, 0.1) is 6.42 Å². The number of benzene rings is 1. The fraction of sp³-hybridized carbons (Fsp3) is 0.471. The molecule has 0 radical (unpaired) electrons. The molecule has 0 spiro atoms. The van der Waals surface area contributed by atoms with Gasteiger partial charge in [0.15, 0.2) is 12.2 Å². The number of aromatic nitrogens is 1. The summed E-state index contributed by atoms with van der Waals surface area (Å²) in [7, 11) is 0. The molecular weight excluding hydrogens is 296 g/mol. The molecule has 0 atom stereocenters. The molecule has 23 heavy (non-hydrogen) atoms. The van der Waals surface area contributed by atoms with Gasteiger partial charge in [0.1, 0.15) is 5.69 Å². The van der Waals surface area contributed by atoms with Gasteiger partial charge in [-0.1, -0.05) is 36.6 Å². The summed E-state index contributed by atoms with van der Waals surface area (Å²) in [5, 5.41) is 7.58. The summed E-state index contributed by atoms with van der Waals surface area (Å²) < 4.78 is 10.2. The van der Waals surface area contributed by atoms with E-state index in [0.717, 1.165) is 31.1 Å². The topological polar surface area (TPSA) is 81.4 Å². The van der Waals surface area contributed by atoms with Crippen LogP contribution in [0.15, 0.2) is 28.8 Å². The Labute approximate surface area is 134 Å². The highest BCUT2D eigenvalue weighted by molar-refractivity contribution is 5.85. The van der Waals surface area contributed by atoms with Crippen molar-refractivity contribution < 1.29 is 18.8 Å². The van der Waals surface area contributed by atoms with E-state index in [4.69, 9.17) is 9.26 Å². The Hall–Kier alpha value is -2.37. The van der Waals surface area contributed by atoms with E-state index >= 15 is 0 Å². The first-order valence-electron chi connectivity index (χ1n) is 8.00. The molecule has 2 aromatic rings. The van der Waals surface area contributed by atoms with Crippen molar-refractivity contribution in [2.24, 2.45) is 0 Å². The molecule has 1 aromatic carbocycles. The van der Waals surface area contributed by atoms with E-state index in [1.54, 1.807) is 6.07 Å². The van der Waals surface area contributed by atoms with Crippen molar-refractivity contribution >= 4 is 22.8 Å².